The van der Waals surface area contributed by atoms with Crippen LogP contribution in [0.2, 0.25) is 10.0 Å². The predicted molar refractivity (Wildman–Crippen MR) is 124 cm³/mol. The number of carbonyl (C=O) groups is 1. The molecule has 1 saturated heterocycles. The molecule has 0 radical (unpaired) electrons. The Hall–Kier alpha value is -1.82. The summed E-state index contributed by atoms with van der Waals surface area (Å²) >= 11 is 12.3. The second-order valence-electron chi connectivity index (χ2n) is 8.80. The van der Waals surface area contributed by atoms with Crippen LogP contribution in [0.1, 0.15) is 66.1 Å². The fourth-order valence-electron chi connectivity index (χ4n) is 4.42. The third kappa shape index (κ3) is 5.38. The van der Waals surface area contributed by atoms with Crippen LogP contribution in [-0.2, 0) is 4.74 Å². The number of benzene rings is 2. The molecule has 1 atom stereocenters. The molecule has 172 valence electrons. The molecule has 2 aromatic carbocycles. The Bertz CT molecular complexity index is 967. The van der Waals surface area contributed by atoms with E-state index in [4.69, 9.17) is 32.7 Å². The average Bonchev–Trinajstić information content (AvgIpc) is 3.61. The molecule has 2 aromatic rings. The minimum absolute atomic E-state index is 0.0230. The normalized spacial score (nSPS) is 18.4. The zero-order chi connectivity index (χ0) is 22.8. The molecule has 1 aliphatic heterocycles. The Morgan fingerprint density at radius 2 is 1.75 bits per heavy atom. The average molecular weight is 480 g/mol. The van der Waals surface area contributed by atoms with E-state index in [9.17, 15) is 9.18 Å². The van der Waals surface area contributed by atoms with E-state index in [2.05, 4.69) is 11.8 Å². The van der Waals surface area contributed by atoms with Gasteiger partial charge in [-0.2, -0.15) is 0 Å². The fourth-order valence-corrected chi connectivity index (χ4v) is 4.96. The zero-order valence-electron chi connectivity index (χ0n) is 18.4. The molecule has 0 aromatic heterocycles. The molecule has 32 heavy (non-hydrogen) atoms. The molecule has 4 nitrogen and oxygen atoms in total. The first kappa shape index (κ1) is 23.3. The van der Waals surface area contributed by atoms with Crippen LogP contribution in [0, 0.1) is 11.7 Å². The number of hydrogen-bond donors (Lipinski definition) is 0. The molecule has 7 heteroatoms. The lowest BCUT2D eigenvalue weighted by molar-refractivity contribution is 0.0595. The molecule has 0 bridgehead atoms. The van der Waals surface area contributed by atoms with Gasteiger partial charge < -0.3 is 9.47 Å². The highest BCUT2D eigenvalue weighted by Gasteiger charge is 2.30. The lowest BCUT2D eigenvalue weighted by Crippen LogP contribution is -2.37. The SMILES string of the molecule is COC(=O)c1cc(C2CC2)c(OCC2CCN([C@@H](C)c3cc(Cl)cc(Cl)c3)CC2)cc1F. The van der Waals surface area contributed by atoms with Crippen LogP contribution in [0.3, 0.4) is 0 Å². The Balaban J connectivity index is 1.36. The van der Waals surface area contributed by atoms with E-state index < -0.39 is 11.8 Å². The largest absolute Gasteiger partial charge is 0.493 e. The Morgan fingerprint density at radius 3 is 2.34 bits per heavy atom. The standard InChI is InChI=1S/C25H28Cl2FNO3/c1-15(18-9-19(26)11-20(27)10-18)29-7-5-16(6-8-29)14-32-24-13-23(28)22(25(30)31-2)12-21(24)17-3-4-17/h9-13,15-17H,3-8,14H2,1-2H3/t15-/m0/s1. The first-order valence-corrected chi connectivity index (χ1v) is 11.9. The highest BCUT2D eigenvalue weighted by molar-refractivity contribution is 6.34. The predicted octanol–water partition coefficient (Wildman–Crippen LogP) is 6.65. The Labute approximate surface area is 198 Å². The van der Waals surface area contributed by atoms with Crippen molar-refractivity contribution in [2.75, 3.05) is 26.8 Å². The van der Waals surface area contributed by atoms with Crippen molar-refractivity contribution in [3.8, 4) is 5.75 Å². The maximum Gasteiger partial charge on any atom is 0.340 e. The first-order valence-electron chi connectivity index (χ1n) is 11.1. The lowest BCUT2D eigenvalue weighted by Gasteiger charge is -2.36. The van der Waals surface area contributed by atoms with Gasteiger partial charge in [0.2, 0.25) is 0 Å². The van der Waals surface area contributed by atoms with Crippen molar-refractivity contribution in [3.63, 3.8) is 0 Å². The maximum absolute atomic E-state index is 14.5. The van der Waals surface area contributed by atoms with E-state index in [1.54, 1.807) is 12.1 Å². The van der Waals surface area contributed by atoms with Crippen LogP contribution < -0.4 is 4.74 Å². The van der Waals surface area contributed by atoms with Crippen molar-refractivity contribution < 1.29 is 18.7 Å². The maximum atomic E-state index is 14.5. The van der Waals surface area contributed by atoms with Crippen LogP contribution in [0.25, 0.3) is 0 Å². The summed E-state index contributed by atoms with van der Waals surface area (Å²) < 4.78 is 25.3. The van der Waals surface area contributed by atoms with Crippen molar-refractivity contribution in [2.45, 2.75) is 44.6 Å². The molecule has 0 unspecified atom stereocenters. The van der Waals surface area contributed by atoms with Crippen LogP contribution >= 0.6 is 23.2 Å². The number of hydrogen-bond acceptors (Lipinski definition) is 4. The molecular formula is C25H28Cl2FNO3. The quantitative estimate of drug-likeness (QED) is 0.416. The summed E-state index contributed by atoms with van der Waals surface area (Å²) in [5.74, 6) is 0.0403. The lowest BCUT2D eigenvalue weighted by atomic mass is 9.95. The van der Waals surface area contributed by atoms with Gasteiger partial charge in [0, 0.05) is 22.2 Å². The number of piperidine rings is 1. The number of methoxy groups -OCH3 is 1. The molecule has 1 saturated carbocycles. The van der Waals surface area contributed by atoms with Gasteiger partial charge in [-0.3, -0.25) is 4.90 Å². The van der Waals surface area contributed by atoms with Gasteiger partial charge in [0.1, 0.15) is 11.6 Å². The van der Waals surface area contributed by atoms with Gasteiger partial charge in [-0.15, -0.1) is 0 Å². The monoisotopic (exact) mass is 479 g/mol. The minimum atomic E-state index is -0.654. The number of likely N-dealkylation sites (tertiary alicyclic amines) is 1. The minimum Gasteiger partial charge on any atom is -0.493 e. The summed E-state index contributed by atoms with van der Waals surface area (Å²) in [4.78, 5) is 14.3. The third-order valence-electron chi connectivity index (χ3n) is 6.56. The van der Waals surface area contributed by atoms with Crippen LogP contribution in [0.5, 0.6) is 5.75 Å². The van der Waals surface area contributed by atoms with Crippen molar-refractivity contribution in [1.29, 1.82) is 0 Å². The van der Waals surface area contributed by atoms with E-state index in [1.165, 1.54) is 13.2 Å². The summed E-state index contributed by atoms with van der Waals surface area (Å²) in [6.45, 7) is 4.61. The van der Waals surface area contributed by atoms with E-state index in [-0.39, 0.29) is 11.6 Å². The molecule has 4 rings (SSSR count). The highest BCUT2D eigenvalue weighted by atomic mass is 35.5. The van der Waals surface area contributed by atoms with Gasteiger partial charge in [-0.05, 0) is 92.9 Å². The van der Waals surface area contributed by atoms with Gasteiger partial charge in [0.15, 0.2) is 0 Å². The molecule has 0 N–H and O–H groups in total. The van der Waals surface area contributed by atoms with Crippen molar-refractivity contribution >= 4 is 29.2 Å². The second kappa shape index (κ2) is 9.98. The molecule has 0 spiro atoms. The van der Waals surface area contributed by atoms with Gasteiger partial charge in [-0.1, -0.05) is 23.2 Å². The number of ether oxygens (including phenoxy) is 2. The topological polar surface area (TPSA) is 38.8 Å². The van der Waals surface area contributed by atoms with Crippen LogP contribution in [0.15, 0.2) is 30.3 Å². The van der Waals surface area contributed by atoms with E-state index in [1.807, 2.05) is 12.1 Å². The van der Waals surface area contributed by atoms with Gasteiger partial charge in [-0.25, -0.2) is 9.18 Å². The molecule has 1 aliphatic carbocycles. The number of nitrogens with zero attached hydrogens (tertiary/aromatic N) is 1. The first-order chi connectivity index (χ1) is 15.4. The van der Waals surface area contributed by atoms with E-state index >= 15 is 0 Å². The molecule has 1 heterocycles. The Kier molecular flexibility index (Phi) is 7.28. The third-order valence-corrected chi connectivity index (χ3v) is 7.00. The summed E-state index contributed by atoms with van der Waals surface area (Å²) in [5, 5.41) is 1.30. The number of carbonyl (C=O) groups excluding carboxylic acids is 1. The van der Waals surface area contributed by atoms with Gasteiger partial charge >= 0.3 is 5.97 Å². The Morgan fingerprint density at radius 1 is 1.09 bits per heavy atom. The van der Waals surface area contributed by atoms with Crippen LogP contribution in [0.4, 0.5) is 4.39 Å². The molecule has 2 fully saturated rings. The summed E-state index contributed by atoms with van der Waals surface area (Å²) in [6, 6.07) is 8.88. The zero-order valence-corrected chi connectivity index (χ0v) is 19.9. The van der Waals surface area contributed by atoms with Gasteiger partial charge in [0.25, 0.3) is 0 Å². The van der Waals surface area contributed by atoms with Crippen molar-refractivity contribution in [1.82, 2.24) is 4.90 Å². The van der Waals surface area contributed by atoms with E-state index in [0.29, 0.717) is 34.2 Å². The second-order valence-corrected chi connectivity index (χ2v) is 9.68. The van der Waals surface area contributed by atoms with Crippen molar-refractivity contribution in [3.05, 3.63) is 62.9 Å². The summed E-state index contributed by atoms with van der Waals surface area (Å²) in [6.07, 6.45) is 4.07. The molecule has 0 amide bonds. The fraction of sp³-hybridized carbons (Fsp3) is 0.480. The highest BCUT2D eigenvalue weighted by Crippen LogP contribution is 2.45. The van der Waals surface area contributed by atoms with Gasteiger partial charge in [0.05, 0.1) is 19.3 Å². The summed E-state index contributed by atoms with van der Waals surface area (Å²) in [5.41, 5.74) is 2.01. The van der Waals surface area contributed by atoms with E-state index in [0.717, 1.165) is 49.9 Å². The van der Waals surface area contributed by atoms with Crippen molar-refractivity contribution in [2.24, 2.45) is 5.92 Å². The number of halogens is 3. The molecule has 2 aliphatic rings. The summed E-state index contributed by atoms with van der Waals surface area (Å²) in [7, 11) is 1.26. The number of esters is 1. The van der Waals surface area contributed by atoms with Crippen LogP contribution in [-0.4, -0.2) is 37.7 Å². The number of rotatable bonds is 7. The molecular weight excluding hydrogens is 452 g/mol. The smallest absolute Gasteiger partial charge is 0.340 e.